The maximum absolute atomic E-state index is 12.6. The summed E-state index contributed by atoms with van der Waals surface area (Å²) >= 11 is 0. The van der Waals surface area contributed by atoms with Gasteiger partial charge in [-0.05, 0) is 57.1 Å². The van der Waals surface area contributed by atoms with E-state index in [1.54, 1.807) is 6.20 Å². The topological polar surface area (TPSA) is 51.7 Å². The molecule has 24 heavy (non-hydrogen) atoms. The van der Waals surface area contributed by atoms with E-state index in [2.05, 4.69) is 4.98 Å². The first kappa shape index (κ1) is 17.4. The number of aryl methyl sites for hydroxylation is 1. The molecular formula is C19H28N2O3. The van der Waals surface area contributed by atoms with Crippen LogP contribution in [0.1, 0.15) is 48.7 Å². The first-order chi connectivity index (χ1) is 11.6. The van der Waals surface area contributed by atoms with Crippen molar-refractivity contribution in [2.24, 2.45) is 5.92 Å². The zero-order valence-electron chi connectivity index (χ0n) is 14.8. The van der Waals surface area contributed by atoms with Crippen LogP contribution in [0.25, 0.3) is 0 Å². The molecule has 0 bridgehead atoms. The predicted octanol–water partition coefficient (Wildman–Crippen LogP) is 2.83. The smallest absolute Gasteiger partial charge is 0.272 e. The molecule has 1 atom stereocenters. The number of hydrogen-bond acceptors (Lipinski definition) is 4. The first-order valence-corrected chi connectivity index (χ1v) is 9.08. The summed E-state index contributed by atoms with van der Waals surface area (Å²) in [7, 11) is 0. The van der Waals surface area contributed by atoms with Crippen molar-refractivity contribution < 1.29 is 14.3 Å². The van der Waals surface area contributed by atoms with Gasteiger partial charge in [0.2, 0.25) is 0 Å². The number of nitrogens with zero attached hydrogens (tertiary/aromatic N) is 2. The fourth-order valence-electron chi connectivity index (χ4n) is 3.96. The molecule has 3 rings (SSSR count). The number of hydrogen-bond donors (Lipinski definition) is 0. The number of ether oxygens (including phenoxy) is 2. The van der Waals surface area contributed by atoms with Crippen molar-refractivity contribution in [1.29, 1.82) is 0 Å². The number of rotatable bonds is 5. The number of aromatic nitrogens is 1. The lowest BCUT2D eigenvalue weighted by Gasteiger charge is -2.42. The second-order valence-electron chi connectivity index (χ2n) is 6.90. The second-order valence-corrected chi connectivity index (χ2v) is 6.90. The van der Waals surface area contributed by atoms with Crippen molar-refractivity contribution in [2.75, 3.05) is 32.9 Å². The molecular weight excluding hydrogens is 304 g/mol. The summed E-state index contributed by atoms with van der Waals surface area (Å²) in [6, 6.07) is 3.76. The lowest BCUT2D eigenvalue weighted by atomic mass is 9.78. The Morgan fingerprint density at radius 2 is 2.21 bits per heavy atom. The first-order valence-electron chi connectivity index (χ1n) is 9.08. The molecule has 0 aliphatic carbocycles. The second kappa shape index (κ2) is 7.62. The Balaban J connectivity index is 1.58. The molecule has 0 saturated carbocycles. The van der Waals surface area contributed by atoms with Crippen LogP contribution < -0.4 is 0 Å². The van der Waals surface area contributed by atoms with Gasteiger partial charge < -0.3 is 14.4 Å². The van der Waals surface area contributed by atoms with Crippen LogP contribution in [0.5, 0.6) is 0 Å². The molecule has 1 aromatic rings. The van der Waals surface area contributed by atoms with E-state index in [1.165, 1.54) is 0 Å². The highest BCUT2D eigenvalue weighted by atomic mass is 16.5. The minimum absolute atomic E-state index is 0.0358. The quantitative estimate of drug-likeness (QED) is 0.778. The number of carbonyl (C=O) groups excluding carboxylic acids is 1. The number of pyridine rings is 1. The lowest BCUT2D eigenvalue weighted by Crippen LogP contribution is -2.49. The van der Waals surface area contributed by atoms with Crippen LogP contribution in [-0.2, 0) is 9.47 Å². The van der Waals surface area contributed by atoms with E-state index in [9.17, 15) is 4.79 Å². The van der Waals surface area contributed by atoms with E-state index < -0.39 is 0 Å². The maximum Gasteiger partial charge on any atom is 0.272 e. The summed E-state index contributed by atoms with van der Waals surface area (Å²) in [5.74, 6) is 0.590. The van der Waals surface area contributed by atoms with Crippen LogP contribution >= 0.6 is 0 Å². The number of likely N-dealkylation sites (tertiary alicyclic amines) is 1. The molecule has 5 heteroatoms. The van der Waals surface area contributed by atoms with E-state index in [1.807, 2.05) is 30.9 Å². The summed E-state index contributed by atoms with van der Waals surface area (Å²) in [5, 5.41) is 0. The van der Waals surface area contributed by atoms with Gasteiger partial charge in [0.15, 0.2) is 0 Å². The Kier molecular flexibility index (Phi) is 5.51. The van der Waals surface area contributed by atoms with Crippen LogP contribution in [0, 0.1) is 12.8 Å². The molecule has 0 radical (unpaired) electrons. The van der Waals surface area contributed by atoms with Crippen molar-refractivity contribution >= 4 is 5.91 Å². The minimum Gasteiger partial charge on any atom is -0.382 e. The van der Waals surface area contributed by atoms with Crippen molar-refractivity contribution in [3.05, 3.63) is 29.6 Å². The van der Waals surface area contributed by atoms with Gasteiger partial charge in [-0.2, -0.15) is 0 Å². The van der Waals surface area contributed by atoms with Gasteiger partial charge in [-0.25, -0.2) is 0 Å². The average Bonchev–Trinajstić information content (AvgIpc) is 2.98. The Morgan fingerprint density at radius 1 is 1.42 bits per heavy atom. The van der Waals surface area contributed by atoms with Gasteiger partial charge in [0.05, 0.1) is 5.60 Å². The van der Waals surface area contributed by atoms with E-state index in [4.69, 9.17) is 9.47 Å². The maximum atomic E-state index is 12.6. The predicted molar refractivity (Wildman–Crippen MR) is 92.0 cm³/mol. The van der Waals surface area contributed by atoms with Gasteiger partial charge in [0.1, 0.15) is 5.69 Å². The number of piperidine rings is 1. The molecule has 132 valence electrons. The standard InChI is InChI=1S/C19H28N2O3/c1-3-23-12-6-16-7-13-24-19(16)8-10-21(11-9-19)18(22)17-5-4-15(2)14-20-17/h4-5,14,16H,3,6-13H2,1-2H3/t16-/m0/s1. The molecule has 2 fully saturated rings. The zero-order valence-corrected chi connectivity index (χ0v) is 14.8. The van der Waals surface area contributed by atoms with Crippen molar-refractivity contribution in [2.45, 2.75) is 45.1 Å². The summed E-state index contributed by atoms with van der Waals surface area (Å²) < 4.78 is 11.7. The summed E-state index contributed by atoms with van der Waals surface area (Å²) in [6.07, 6.45) is 5.76. The molecule has 2 aliphatic rings. The van der Waals surface area contributed by atoms with E-state index >= 15 is 0 Å². The van der Waals surface area contributed by atoms with Crippen molar-refractivity contribution in [3.8, 4) is 0 Å². The normalized spacial score (nSPS) is 22.9. The lowest BCUT2D eigenvalue weighted by molar-refractivity contribution is -0.0669. The molecule has 1 amide bonds. The fraction of sp³-hybridized carbons (Fsp3) is 0.684. The summed E-state index contributed by atoms with van der Waals surface area (Å²) in [4.78, 5) is 18.8. The monoisotopic (exact) mass is 332 g/mol. The molecule has 1 spiro atoms. The van der Waals surface area contributed by atoms with Crippen LogP contribution in [0.15, 0.2) is 18.3 Å². The third-order valence-corrected chi connectivity index (χ3v) is 5.44. The SMILES string of the molecule is CCOCC[C@H]1CCOC12CCN(C(=O)c1ccc(C)cn1)CC2. The fourth-order valence-corrected chi connectivity index (χ4v) is 3.96. The van der Waals surface area contributed by atoms with E-state index in [-0.39, 0.29) is 11.5 Å². The minimum atomic E-state index is -0.0470. The van der Waals surface area contributed by atoms with Gasteiger partial charge in [-0.15, -0.1) is 0 Å². The van der Waals surface area contributed by atoms with E-state index in [0.29, 0.717) is 11.6 Å². The molecule has 3 heterocycles. The van der Waals surface area contributed by atoms with Crippen LogP contribution in [0.4, 0.5) is 0 Å². The van der Waals surface area contributed by atoms with E-state index in [0.717, 1.165) is 64.2 Å². The van der Waals surface area contributed by atoms with Gasteiger partial charge in [0.25, 0.3) is 5.91 Å². The molecule has 0 aromatic carbocycles. The van der Waals surface area contributed by atoms with Crippen molar-refractivity contribution in [3.63, 3.8) is 0 Å². The third-order valence-electron chi connectivity index (χ3n) is 5.44. The Bertz CT molecular complexity index is 550. The van der Waals surface area contributed by atoms with Gasteiger partial charge >= 0.3 is 0 Å². The highest BCUT2D eigenvalue weighted by molar-refractivity contribution is 5.92. The largest absolute Gasteiger partial charge is 0.382 e. The number of carbonyl (C=O) groups is 1. The molecule has 0 N–H and O–H groups in total. The van der Waals surface area contributed by atoms with Crippen LogP contribution in [-0.4, -0.2) is 54.3 Å². The molecule has 2 saturated heterocycles. The van der Waals surface area contributed by atoms with Gasteiger partial charge in [-0.3, -0.25) is 9.78 Å². The molecule has 1 aromatic heterocycles. The Labute approximate surface area is 144 Å². The average molecular weight is 332 g/mol. The number of amides is 1. The summed E-state index contributed by atoms with van der Waals surface area (Å²) in [5.41, 5.74) is 1.56. The third kappa shape index (κ3) is 3.62. The Hall–Kier alpha value is -1.46. The molecule has 2 aliphatic heterocycles. The molecule has 0 unspecified atom stereocenters. The summed E-state index contributed by atoms with van der Waals surface area (Å²) in [6.45, 7) is 7.92. The van der Waals surface area contributed by atoms with Gasteiger partial charge in [0, 0.05) is 39.1 Å². The van der Waals surface area contributed by atoms with Crippen molar-refractivity contribution in [1.82, 2.24) is 9.88 Å². The molecule has 5 nitrogen and oxygen atoms in total. The Morgan fingerprint density at radius 3 is 2.88 bits per heavy atom. The van der Waals surface area contributed by atoms with Gasteiger partial charge in [-0.1, -0.05) is 6.07 Å². The highest BCUT2D eigenvalue weighted by Crippen LogP contribution is 2.42. The van der Waals surface area contributed by atoms with Crippen LogP contribution in [0.2, 0.25) is 0 Å². The zero-order chi connectivity index (χ0) is 17.0. The van der Waals surface area contributed by atoms with Crippen LogP contribution in [0.3, 0.4) is 0 Å². The highest BCUT2D eigenvalue weighted by Gasteiger charge is 2.46.